The van der Waals surface area contributed by atoms with Gasteiger partial charge in [-0.3, -0.25) is 0 Å². The molecule has 0 saturated heterocycles. The molecule has 1 heterocycles. The third-order valence-corrected chi connectivity index (χ3v) is 2.87. The molecule has 116 valence electrons. The molecule has 2 rings (SSSR count). The Morgan fingerprint density at radius 2 is 1.83 bits per heavy atom. The van der Waals surface area contributed by atoms with Gasteiger partial charge in [0.2, 0.25) is 0 Å². The van der Waals surface area contributed by atoms with Crippen LogP contribution in [0.1, 0.15) is 0 Å². The Bertz CT molecular complexity index is 779. The zero-order valence-electron chi connectivity index (χ0n) is 11.8. The molecular weight excluding hydrogens is 304 g/mol. The summed E-state index contributed by atoms with van der Waals surface area (Å²) in [6.45, 7) is -0.168. The summed E-state index contributed by atoms with van der Waals surface area (Å²) in [5.74, 6) is -1.63. The number of nitrogens with zero attached hydrogens (tertiary/aromatic N) is 5. The molecule has 0 radical (unpaired) electrons. The first-order valence-corrected chi connectivity index (χ1v) is 6.38. The molecule has 0 spiro atoms. The quantitative estimate of drug-likeness (QED) is 0.810. The zero-order chi connectivity index (χ0) is 16.8. The highest BCUT2D eigenvalue weighted by molar-refractivity contribution is 5.78. The van der Waals surface area contributed by atoms with Crippen molar-refractivity contribution in [3.63, 3.8) is 0 Å². The maximum atomic E-state index is 13.2. The minimum Gasteiger partial charge on any atom is -0.393 e. The normalized spacial score (nSPS) is 9.74. The lowest BCUT2D eigenvalue weighted by Crippen LogP contribution is -2.26. The van der Waals surface area contributed by atoms with Gasteiger partial charge in [-0.25, -0.2) is 18.7 Å². The van der Waals surface area contributed by atoms with Crippen molar-refractivity contribution in [3.8, 4) is 12.1 Å². The first kappa shape index (κ1) is 15.9. The summed E-state index contributed by atoms with van der Waals surface area (Å²) in [6.07, 6.45) is 1.19. The summed E-state index contributed by atoms with van der Waals surface area (Å²) < 4.78 is 26.2. The van der Waals surface area contributed by atoms with Crippen LogP contribution in [0, 0.1) is 34.3 Å². The van der Waals surface area contributed by atoms with Crippen LogP contribution in [0.25, 0.3) is 0 Å². The number of hydrogen-bond acceptors (Lipinski definition) is 7. The van der Waals surface area contributed by atoms with Crippen molar-refractivity contribution in [2.75, 3.05) is 29.0 Å². The molecule has 0 fully saturated rings. The van der Waals surface area contributed by atoms with Crippen molar-refractivity contribution in [1.29, 1.82) is 10.5 Å². The standard InChI is InChI=1S/C14H11F2N7/c15-10-2-1-9(7-11(10)16)22-13-12(19)14(21-8-20-13)23(5-3-17)6-4-18/h1-2,7-8H,5-6,19H2,(H,20,21,22). The Hall–Kier alpha value is -3.46. The van der Waals surface area contributed by atoms with E-state index in [2.05, 4.69) is 15.3 Å². The first-order valence-electron chi connectivity index (χ1n) is 6.38. The lowest BCUT2D eigenvalue weighted by Gasteiger charge is -2.20. The molecule has 3 N–H and O–H groups in total. The summed E-state index contributed by atoms with van der Waals surface area (Å²) in [5.41, 5.74) is 6.27. The number of hydrogen-bond donors (Lipinski definition) is 2. The van der Waals surface area contributed by atoms with Crippen molar-refractivity contribution in [2.45, 2.75) is 0 Å². The van der Waals surface area contributed by atoms with Gasteiger partial charge in [-0.1, -0.05) is 0 Å². The van der Waals surface area contributed by atoms with Gasteiger partial charge in [-0.15, -0.1) is 0 Å². The van der Waals surface area contributed by atoms with Gasteiger partial charge in [0.1, 0.15) is 25.1 Å². The monoisotopic (exact) mass is 315 g/mol. The number of benzene rings is 1. The number of nitrogens with one attached hydrogen (secondary N) is 1. The molecule has 0 aliphatic rings. The second-order valence-corrected chi connectivity index (χ2v) is 4.39. The van der Waals surface area contributed by atoms with Crippen LogP contribution in [0.2, 0.25) is 0 Å². The minimum absolute atomic E-state index is 0.0839. The second kappa shape index (κ2) is 7.00. The molecule has 0 aliphatic carbocycles. The van der Waals surface area contributed by atoms with Crippen LogP contribution in [-0.2, 0) is 0 Å². The van der Waals surface area contributed by atoms with E-state index in [1.807, 2.05) is 12.1 Å². The molecule has 0 aliphatic heterocycles. The van der Waals surface area contributed by atoms with E-state index in [1.165, 1.54) is 17.3 Å². The summed E-state index contributed by atoms with van der Waals surface area (Å²) in [5, 5.41) is 20.3. The molecule has 7 nitrogen and oxygen atoms in total. The molecule has 0 saturated carbocycles. The summed E-state index contributed by atoms with van der Waals surface area (Å²) in [4.78, 5) is 9.26. The van der Waals surface area contributed by atoms with E-state index >= 15 is 0 Å². The fourth-order valence-corrected chi connectivity index (χ4v) is 1.82. The van der Waals surface area contributed by atoms with Crippen molar-refractivity contribution < 1.29 is 8.78 Å². The van der Waals surface area contributed by atoms with Crippen molar-refractivity contribution >= 4 is 23.0 Å². The van der Waals surface area contributed by atoms with Gasteiger partial charge in [0.05, 0.1) is 12.1 Å². The summed E-state index contributed by atoms with van der Waals surface area (Å²) >= 11 is 0. The lowest BCUT2D eigenvalue weighted by molar-refractivity contribution is 0.509. The number of anilines is 4. The number of aromatic nitrogens is 2. The first-order chi connectivity index (χ1) is 11.1. The Labute approximate surface area is 130 Å². The van der Waals surface area contributed by atoms with Crippen LogP contribution in [0.4, 0.5) is 31.8 Å². The van der Waals surface area contributed by atoms with Crippen LogP contribution < -0.4 is 16.0 Å². The fourth-order valence-electron chi connectivity index (χ4n) is 1.82. The number of rotatable bonds is 5. The van der Waals surface area contributed by atoms with E-state index < -0.39 is 11.6 Å². The third kappa shape index (κ3) is 3.60. The van der Waals surface area contributed by atoms with Crippen LogP contribution in [0.5, 0.6) is 0 Å². The molecule has 0 amide bonds. The summed E-state index contributed by atoms with van der Waals surface area (Å²) in [7, 11) is 0. The average molecular weight is 315 g/mol. The van der Waals surface area contributed by atoms with Crippen LogP contribution in [0.15, 0.2) is 24.5 Å². The molecule has 0 atom stereocenters. The Balaban J connectivity index is 2.34. The number of nitrogens with two attached hydrogens (primary N) is 1. The van der Waals surface area contributed by atoms with Gasteiger partial charge in [0.15, 0.2) is 23.3 Å². The molecular formula is C14H11F2N7. The zero-order valence-corrected chi connectivity index (χ0v) is 11.8. The van der Waals surface area contributed by atoms with E-state index in [-0.39, 0.29) is 36.1 Å². The van der Waals surface area contributed by atoms with Gasteiger partial charge < -0.3 is 16.0 Å². The van der Waals surface area contributed by atoms with Gasteiger partial charge in [0.25, 0.3) is 0 Å². The highest BCUT2D eigenvalue weighted by Gasteiger charge is 2.15. The second-order valence-electron chi connectivity index (χ2n) is 4.39. The van der Waals surface area contributed by atoms with Crippen LogP contribution >= 0.6 is 0 Å². The largest absolute Gasteiger partial charge is 0.393 e. The van der Waals surface area contributed by atoms with Gasteiger partial charge in [0, 0.05) is 11.8 Å². The maximum Gasteiger partial charge on any atom is 0.160 e. The van der Waals surface area contributed by atoms with E-state index in [9.17, 15) is 8.78 Å². The molecule has 1 aromatic carbocycles. The molecule has 1 aromatic heterocycles. The van der Waals surface area contributed by atoms with Gasteiger partial charge in [-0.2, -0.15) is 10.5 Å². The Morgan fingerprint density at radius 3 is 2.43 bits per heavy atom. The Morgan fingerprint density at radius 1 is 1.13 bits per heavy atom. The van der Waals surface area contributed by atoms with Crippen molar-refractivity contribution in [2.24, 2.45) is 0 Å². The topological polar surface area (TPSA) is 115 Å². The van der Waals surface area contributed by atoms with Crippen molar-refractivity contribution in [1.82, 2.24) is 9.97 Å². The van der Waals surface area contributed by atoms with Gasteiger partial charge in [-0.05, 0) is 12.1 Å². The van der Waals surface area contributed by atoms with Crippen LogP contribution in [0.3, 0.4) is 0 Å². The van der Waals surface area contributed by atoms with Crippen LogP contribution in [-0.4, -0.2) is 23.1 Å². The minimum atomic E-state index is -1.02. The number of nitriles is 2. The number of nitrogen functional groups attached to an aromatic ring is 1. The fraction of sp³-hybridized carbons (Fsp3) is 0.143. The van der Waals surface area contributed by atoms with Gasteiger partial charge >= 0.3 is 0 Å². The molecule has 2 aromatic rings. The predicted octanol–water partition coefficient (Wildman–Crippen LogP) is 1.93. The van der Waals surface area contributed by atoms with Crippen molar-refractivity contribution in [3.05, 3.63) is 36.2 Å². The third-order valence-electron chi connectivity index (χ3n) is 2.87. The highest BCUT2D eigenvalue weighted by atomic mass is 19.2. The highest BCUT2D eigenvalue weighted by Crippen LogP contribution is 2.28. The van der Waals surface area contributed by atoms with E-state index in [1.54, 1.807) is 0 Å². The maximum absolute atomic E-state index is 13.2. The predicted molar refractivity (Wildman–Crippen MR) is 79.5 cm³/mol. The van der Waals surface area contributed by atoms with E-state index in [0.717, 1.165) is 12.1 Å². The SMILES string of the molecule is N#CCN(CC#N)c1ncnc(Nc2ccc(F)c(F)c2)c1N. The van der Waals surface area contributed by atoms with E-state index in [4.69, 9.17) is 16.3 Å². The molecule has 9 heteroatoms. The summed E-state index contributed by atoms with van der Waals surface area (Å²) in [6, 6.07) is 7.06. The number of halogens is 2. The Kier molecular flexibility index (Phi) is 4.85. The molecule has 0 unspecified atom stereocenters. The molecule has 23 heavy (non-hydrogen) atoms. The average Bonchev–Trinajstić information content (AvgIpc) is 2.53. The smallest absolute Gasteiger partial charge is 0.160 e. The van der Waals surface area contributed by atoms with E-state index in [0.29, 0.717) is 0 Å². The molecule has 0 bridgehead atoms. The lowest BCUT2D eigenvalue weighted by atomic mass is 10.3.